The molecule has 0 saturated carbocycles. The summed E-state index contributed by atoms with van der Waals surface area (Å²) in [7, 11) is 0. The number of carbonyl (C=O) groups excluding carboxylic acids is 1. The van der Waals surface area contributed by atoms with Gasteiger partial charge in [0.25, 0.3) is 0 Å². The Labute approximate surface area is 167 Å². The van der Waals surface area contributed by atoms with E-state index in [1.807, 2.05) is 31.2 Å². The smallest absolute Gasteiger partial charge is 0.319 e. The Morgan fingerprint density at radius 3 is 2.46 bits per heavy atom. The zero-order valence-electron chi connectivity index (χ0n) is 16.6. The third-order valence-corrected chi connectivity index (χ3v) is 4.87. The molecule has 0 unspecified atom stereocenters. The van der Waals surface area contributed by atoms with E-state index >= 15 is 0 Å². The van der Waals surface area contributed by atoms with E-state index in [1.54, 1.807) is 0 Å². The number of amides is 2. The minimum absolute atomic E-state index is 0.193. The van der Waals surface area contributed by atoms with Gasteiger partial charge in [0.1, 0.15) is 5.75 Å². The van der Waals surface area contributed by atoms with Gasteiger partial charge in [0.2, 0.25) is 0 Å². The lowest BCUT2D eigenvalue weighted by molar-refractivity contribution is 0.244. The van der Waals surface area contributed by atoms with Crippen molar-refractivity contribution < 1.29 is 9.53 Å². The van der Waals surface area contributed by atoms with Crippen molar-refractivity contribution in [3.63, 3.8) is 0 Å². The van der Waals surface area contributed by atoms with E-state index in [2.05, 4.69) is 50.8 Å². The molecule has 0 spiro atoms. The molecule has 0 bridgehead atoms. The van der Waals surface area contributed by atoms with Crippen LogP contribution in [0.5, 0.6) is 5.75 Å². The van der Waals surface area contributed by atoms with Crippen molar-refractivity contribution >= 4 is 17.4 Å². The Morgan fingerprint density at radius 1 is 1.00 bits per heavy atom. The first kappa shape index (κ1) is 20.0. The highest BCUT2D eigenvalue weighted by Crippen LogP contribution is 2.23. The normalized spacial score (nSPS) is 14.5. The molecule has 1 aliphatic heterocycles. The Hall–Kier alpha value is -2.73. The number of urea groups is 1. The monoisotopic (exact) mass is 382 g/mol. The molecule has 1 aliphatic rings. The van der Waals surface area contributed by atoms with Crippen molar-refractivity contribution in [3.05, 3.63) is 54.6 Å². The third kappa shape index (κ3) is 5.89. The fraction of sp³-hybridized carbons (Fsp3) is 0.409. The molecule has 2 amide bonds. The lowest BCUT2D eigenvalue weighted by atomic mass is 10.2. The maximum atomic E-state index is 12.1. The number of nitrogens with zero attached hydrogens (tertiary/aromatic N) is 2. The van der Waals surface area contributed by atoms with Crippen LogP contribution in [0.3, 0.4) is 0 Å². The van der Waals surface area contributed by atoms with Gasteiger partial charge in [0.05, 0.1) is 12.3 Å². The molecule has 1 fully saturated rings. The first-order valence-corrected chi connectivity index (χ1v) is 10.1. The van der Waals surface area contributed by atoms with Crippen LogP contribution in [-0.4, -0.2) is 56.8 Å². The minimum atomic E-state index is -0.193. The summed E-state index contributed by atoms with van der Waals surface area (Å²) in [6.07, 6.45) is 0.936. The zero-order valence-corrected chi connectivity index (χ0v) is 16.6. The molecule has 0 aromatic heterocycles. The summed E-state index contributed by atoms with van der Waals surface area (Å²) in [6.45, 7) is 8.36. The molecule has 1 heterocycles. The number of benzene rings is 2. The molecule has 0 atom stereocenters. The second-order valence-corrected chi connectivity index (χ2v) is 6.83. The number of nitrogens with one attached hydrogen (secondary N) is 2. The van der Waals surface area contributed by atoms with Crippen LogP contribution in [0.4, 0.5) is 16.2 Å². The average Bonchev–Trinajstić information content (AvgIpc) is 2.74. The van der Waals surface area contributed by atoms with Gasteiger partial charge in [-0.1, -0.05) is 30.3 Å². The summed E-state index contributed by atoms with van der Waals surface area (Å²) >= 11 is 0. The van der Waals surface area contributed by atoms with Gasteiger partial charge in [-0.2, -0.15) is 0 Å². The zero-order chi connectivity index (χ0) is 19.6. The van der Waals surface area contributed by atoms with Crippen LogP contribution in [0.2, 0.25) is 0 Å². The highest BCUT2D eigenvalue weighted by molar-refractivity contribution is 5.90. The van der Waals surface area contributed by atoms with E-state index in [1.165, 1.54) is 5.69 Å². The summed E-state index contributed by atoms with van der Waals surface area (Å²) in [5, 5.41) is 5.79. The molecule has 2 aromatic rings. The van der Waals surface area contributed by atoms with Crippen molar-refractivity contribution in [1.29, 1.82) is 0 Å². The van der Waals surface area contributed by atoms with Gasteiger partial charge in [-0.3, -0.25) is 4.90 Å². The van der Waals surface area contributed by atoms with E-state index in [9.17, 15) is 4.79 Å². The quantitative estimate of drug-likeness (QED) is 0.687. The fourth-order valence-electron chi connectivity index (χ4n) is 3.39. The number of carbonyl (C=O) groups is 1. The molecule has 28 heavy (non-hydrogen) atoms. The molecule has 6 heteroatoms. The van der Waals surface area contributed by atoms with Gasteiger partial charge < -0.3 is 20.3 Å². The molecule has 1 saturated heterocycles. The van der Waals surface area contributed by atoms with Gasteiger partial charge in [-0.25, -0.2) is 4.79 Å². The summed E-state index contributed by atoms with van der Waals surface area (Å²) in [6, 6.07) is 17.9. The number of ether oxygens (including phenoxy) is 1. The summed E-state index contributed by atoms with van der Waals surface area (Å²) in [5.41, 5.74) is 1.99. The maximum Gasteiger partial charge on any atom is 0.319 e. The van der Waals surface area contributed by atoms with Crippen molar-refractivity contribution in [2.75, 3.05) is 56.1 Å². The number of hydrogen-bond acceptors (Lipinski definition) is 4. The lowest BCUT2D eigenvalue weighted by Crippen LogP contribution is -2.47. The Morgan fingerprint density at radius 2 is 1.71 bits per heavy atom. The number of rotatable bonds is 8. The molecule has 2 aromatic carbocycles. The third-order valence-electron chi connectivity index (χ3n) is 4.87. The molecule has 6 nitrogen and oxygen atoms in total. The fourth-order valence-corrected chi connectivity index (χ4v) is 3.39. The summed E-state index contributed by atoms with van der Waals surface area (Å²) < 4.78 is 5.53. The van der Waals surface area contributed by atoms with E-state index in [-0.39, 0.29) is 6.03 Å². The highest BCUT2D eigenvalue weighted by Gasteiger charge is 2.16. The van der Waals surface area contributed by atoms with Gasteiger partial charge >= 0.3 is 6.03 Å². The van der Waals surface area contributed by atoms with Gasteiger partial charge in [-0.05, 0) is 44.2 Å². The average molecular weight is 383 g/mol. The highest BCUT2D eigenvalue weighted by atomic mass is 16.5. The lowest BCUT2D eigenvalue weighted by Gasteiger charge is -2.36. The molecule has 3 rings (SSSR count). The standard InChI is InChI=1S/C22H30N4O2/c1-2-28-21-12-7-6-11-20(21)24-22(27)23-13-8-14-25-15-17-26(18-16-25)19-9-4-3-5-10-19/h3-7,9-12H,2,8,13-18H2,1H3,(H2,23,24,27). The van der Waals surface area contributed by atoms with E-state index < -0.39 is 0 Å². The summed E-state index contributed by atoms with van der Waals surface area (Å²) in [4.78, 5) is 17.0. The van der Waals surface area contributed by atoms with Crippen molar-refractivity contribution in [2.45, 2.75) is 13.3 Å². The number of piperazine rings is 1. The van der Waals surface area contributed by atoms with E-state index in [0.29, 0.717) is 24.6 Å². The van der Waals surface area contributed by atoms with Crippen LogP contribution in [0.25, 0.3) is 0 Å². The van der Waals surface area contributed by atoms with Gasteiger partial charge in [0, 0.05) is 38.4 Å². The van der Waals surface area contributed by atoms with Crippen molar-refractivity contribution in [1.82, 2.24) is 10.2 Å². The number of para-hydroxylation sites is 3. The Kier molecular flexibility index (Phi) is 7.55. The van der Waals surface area contributed by atoms with Crippen LogP contribution in [0, 0.1) is 0 Å². The Balaban J connectivity index is 1.32. The van der Waals surface area contributed by atoms with Gasteiger partial charge in [-0.15, -0.1) is 0 Å². The summed E-state index contributed by atoms with van der Waals surface area (Å²) in [5.74, 6) is 0.691. The van der Waals surface area contributed by atoms with Crippen LogP contribution in [-0.2, 0) is 0 Å². The van der Waals surface area contributed by atoms with Crippen LogP contribution < -0.4 is 20.3 Å². The molecule has 0 aliphatic carbocycles. The number of anilines is 2. The second-order valence-electron chi connectivity index (χ2n) is 6.83. The predicted octanol–water partition coefficient (Wildman–Crippen LogP) is 3.42. The van der Waals surface area contributed by atoms with E-state index in [0.717, 1.165) is 39.1 Å². The molecular formula is C22H30N4O2. The minimum Gasteiger partial charge on any atom is -0.492 e. The molecule has 2 N–H and O–H groups in total. The second kappa shape index (κ2) is 10.6. The van der Waals surface area contributed by atoms with Crippen LogP contribution in [0.1, 0.15) is 13.3 Å². The first-order chi connectivity index (χ1) is 13.8. The van der Waals surface area contributed by atoms with Crippen molar-refractivity contribution in [2.24, 2.45) is 0 Å². The van der Waals surface area contributed by atoms with Gasteiger partial charge in [0.15, 0.2) is 0 Å². The Bertz CT molecular complexity index is 730. The van der Waals surface area contributed by atoms with E-state index in [4.69, 9.17) is 4.74 Å². The molecule has 150 valence electrons. The van der Waals surface area contributed by atoms with Crippen LogP contribution >= 0.6 is 0 Å². The van der Waals surface area contributed by atoms with Crippen LogP contribution in [0.15, 0.2) is 54.6 Å². The molecular weight excluding hydrogens is 352 g/mol. The molecule has 0 radical (unpaired) electrons. The van der Waals surface area contributed by atoms with Crippen molar-refractivity contribution in [3.8, 4) is 5.75 Å². The number of hydrogen-bond donors (Lipinski definition) is 2. The first-order valence-electron chi connectivity index (χ1n) is 10.1. The largest absolute Gasteiger partial charge is 0.492 e. The topological polar surface area (TPSA) is 56.8 Å². The maximum absolute atomic E-state index is 12.1. The predicted molar refractivity (Wildman–Crippen MR) is 114 cm³/mol. The SMILES string of the molecule is CCOc1ccccc1NC(=O)NCCCN1CCN(c2ccccc2)CC1.